The minimum absolute atomic E-state index is 0.268. The first-order chi connectivity index (χ1) is 11.6. The average Bonchev–Trinajstić information content (AvgIpc) is 3.43. The number of carbonyl (C=O) groups is 2. The Hall–Kier alpha value is -2.04. The summed E-state index contributed by atoms with van der Waals surface area (Å²) in [5.41, 5.74) is 0.512. The number of hydrogen-bond donors (Lipinski definition) is 1. The monoisotopic (exact) mass is 333 g/mol. The average molecular weight is 333 g/mol. The third kappa shape index (κ3) is 5.87. The molecule has 1 aromatic carbocycles. The Morgan fingerprint density at radius 1 is 1.21 bits per heavy atom. The van der Waals surface area contributed by atoms with E-state index in [2.05, 4.69) is 12.2 Å². The Balaban J connectivity index is 1.88. The first kappa shape index (κ1) is 18.3. The van der Waals surface area contributed by atoms with Crippen LogP contribution in [0.25, 0.3) is 0 Å². The molecule has 24 heavy (non-hydrogen) atoms. The number of hydrogen-bond acceptors (Lipinski definition) is 4. The number of unbranched alkanes of at least 4 members (excludes halogenated alkanes) is 2. The third-order valence-electron chi connectivity index (χ3n) is 4.19. The molecule has 132 valence electrons. The molecule has 0 aliphatic heterocycles. The number of ether oxygens (including phenoxy) is 2. The second kappa shape index (κ2) is 9.30. The van der Waals surface area contributed by atoms with Crippen molar-refractivity contribution in [3.63, 3.8) is 0 Å². The van der Waals surface area contributed by atoms with Crippen LogP contribution < -0.4 is 10.1 Å². The lowest BCUT2D eigenvalue weighted by molar-refractivity contribution is -0.143. The normalized spacial score (nSPS) is 14.8. The van der Waals surface area contributed by atoms with Gasteiger partial charge >= 0.3 is 5.97 Å². The van der Waals surface area contributed by atoms with Crippen molar-refractivity contribution in [2.45, 2.75) is 51.5 Å². The van der Waals surface area contributed by atoms with Gasteiger partial charge < -0.3 is 14.8 Å². The summed E-state index contributed by atoms with van der Waals surface area (Å²) in [5, 5.41) is 2.77. The quantitative estimate of drug-likeness (QED) is 0.527. The van der Waals surface area contributed by atoms with E-state index in [0.717, 1.165) is 31.6 Å². The molecule has 0 radical (unpaired) electrons. The molecular formula is C19H27NO4. The predicted molar refractivity (Wildman–Crippen MR) is 92.1 cm³/mol. The summed E-state index contributed by atoms with van der Waals surface area (Å²) in [6, 6.07) is 6.43. The third-order valence-corrected chi connectivity index (χ3v) is 4.19. The molecule has 1 unspecified atom stereocenters. The zero-order chi connectivity index (χ0) is 17.4. The van der Waals surface area contributed by atoms with E-state index in [1.807, 2.05) is 0 Å². The maximum Gasteiger partial charge on any atom is 0.328 e. The number of carbonyl (C=O) groups excluding carboxylic acids is 2. The number of amides is 1. The van der Waals surface area contributed by atoms with Crippen molar-refractivity contribution in [2.24, 2.45) is 5.92 Å². The maximum atomic E-state index is 12.3. The standard InChI is InChI=1S/C19H27NO4/c1-3-4-5-6-17(19(22)23-2)20-18(21)15-9-11-16(12-10-15)24-13-14-7-8-14/h9-12,14,17H,3-8,13H2,1-2H3,(H,20,21). The Labute approximate surface area is 143 Å². The van der Waals surface area contributed by atoms with Crippen molar-refractivity contribution in [3.8, 4) is 5.75 Å². The molecule has 1 saturated carbocycles. The van der Waals surface area contributed by atoms with Crippen LogP contribution in [0.2, 0.25) is 0 Å². The van der Waals surface area contributed by atoms with Gasteiger partial charge in [0.15, 0.2) is 0 Å². The molecule has 1 amide bonds. The Kier molecular flexibility index (Phi) is 7.09. The van der Waals surface area contributed by atoms with E-state index in [0.29, 0.717) is 17.9 Å². The van der Waals surface area contributed by atoms with E-state index in [1.54, 1.807) is 24.3 Å². The van der Waals surface area contributed by atoms with Gasteiger partial charge in [-0.1, -0.05) is 26.2 Å². The number of esters is 1. The minimum atomic E-state index is -0.597. The zero-order valence-corrected chi connectivity index (χ0v) is 14.5. The highest BCUT2D eigenvalue weighted by atomic mass is 16.5. The molecule has 5 heteroatoms. The van der Waals surface area contributed by atoms with Gasteiger partial charge in [-0.15, -0.1) is 0 Å². The van der Waals surface area contributed by atoms with Crippen LogP contribution >= 0.6 is 0 Å². The van der Waals surface area contributed by atoms with E-state index in [9.17, 15) is 9.59 Å². The van der Waals surface area contributed by atoms with Crippen LogP contribution in [-0.4, -0.2) is 31.6 Å². The fourth-order valence-corrected chi connectivity index (χ4v) is 2.43. The highest BCUT2D eigenvalue weighted by Gasteiger charge is 2.23. The number of nitrogens with one attached hydrogen (secondary N) is 1. The van der Waals surface area contributed by atoms with Gasteiger partial charge in [-0.2, -0.15) is 0 Å². The van der Waals surface area contributed by atoms with E-state index >= 15 is 0 Å². The smallest absolute Gasteiger partial charge is 0.328 e. The van der Waals surface area contributed by atoms with E-state index in [4.69, 9.17) is 9.47 Å². The largest absolute Gasteiger partial charge is 0.493 e. The van der Waals surface area contributed by atoms with Crippen LogP contribution in [0, 0.1) is 5.92 Å². The van der Waals surface area contributed by atoms with Gasteiger partial charge in [-0.05, 0) is 49.4 Å². The SMILES string of the molecule is CCCCCC(NC(=O)c1ccc(OCC2CC2)cc1)C(=O)OC. The molecule has 0 heterocycles. The summed E-state index contributed by atoms with van der Waals surface area (Å²) in [7, 11) is 1.34. The highest BCUT2D eigenvalue weighted by Crippen LogP contribution is 2.29. The van der Waals surface area contributed by atoms with Crippen molar-refractivity contribution in [3.05, 3.63) is 29.8 Å². The van der Waals surface area contributed by atoms with Crippen LogP contribution in [-0.2, 0) is 9.53 Å². The summed E-state index contributed by atoms with van der Waals surface area (Å²) in [6.45, 7) is 2.84. The molecule has 1 N–H and O–H groups in total. The van der Waals surface area contributed by atoms with Crippen molar-refractivity contribution < 1.29 is 19.1 Å². The van der Waals surface area contributed by atoms with Gasteiger partial charge in [0, 0.05) is 5.56 Å². The molecule has 2 rings (SSSR count). The molecule has 0 saturated heterocycles. The van der Waals surface area contributed by atoms with E-state index in [-0.39, 0.29) is 5.91 Å². The fourth-order valence-electron chi connectivity index (χ4n) is 2.43. The molecule has 1 atom stereocenters. The first-order valence-corrected chi connectivity index (χ1v) is 8.75. The lowest BCUT2D eigenvalue weighted by Crippen LogP contribution is -2.41. The molecule has 5 nitrogen and oxygen atoms in total. The molecule has 0 spiro atoms. The molecule has 0 aromatic heterocycles. The van der Waals surface area contributed by atoms with Crippen LogP contribution in [0.15, 0.2) is 24.3 Å². The van der Waals surface area contributed by atoms with Crippen LogP contribution in [0.4, 0.5) is 0 Å². The Morgan fingerprint density at radius 2 is 1.92 bits per heavy atom. The molecule has 1 aliphatic rings. The minimum Gasteiger partial charge on any atom is -0.493 e. The van der Waals surface area contributed by atoms with E-state index < -0.39 is 12.0 Å². The highest BCUT2D eigenvalue weighted by molar-refractivity contribution is 5.96. The topological polar surface area (TPSA) is 64.6 Å². The lowest BCUT2D eigenvalue weighted by atomic mass is 10.1. The van der Waals surface area contributed by atoms with Gasteiger partial charge in [0.25, 0.3) is 5.91 Å². The maximum absolute atomic E-state index is 12.3. The van der Waals surface area contributed by atoms with Crippen LogP contribution in [0.5, 0.6) is 5.75 Å². The van der Waals surface area contributed by atoms with Gasteiger partial charge in [0.05, 0.1) is 13.7 Å². The van der Waals surface area contributed by atoms with Gasteiger partial charge in [-0.3, -0.25) is 4.79 Å². The fraction of sp³-hybridized carbons (Fsp3) is 0.579. The van der Waals surface area contributed by atoms with Gasteiger partial charge in [-0.25, -0.2) is 4.79 Å². The van der Waals surface area contributed by atoms with E-state index in [1.165, 1.54) is 20.0 Å². The van der Waals surface area contributed by atoms with Crippen molar-refractivity contribution in [1.29, 1.82) is 0 Å². The van der Waals surface area contributed by atoms with Crippen LogP contribution in [0.1, 0.15) is 55.8 Å². The van der Waals surface area contributed by atoms with Crippen molar-refractivity contribution >= 4 is 11.9 Å². The van der Waals surface area contributed by atoms with Crippen molar-refractivity contribution in [1.82, 2.24) is 5.32 Å². The van der Waals surface area contributed by atoms with Crippen LogP contribution in [0.3, 0.4) is 0 Å². The summed E-state index contributed by atoms with van der Waals surface area (Å²) in [5.74, 6) is 0.794. The molecule has 1 aromatic rings. The van der Waals surface area contributed by atoms with Crippen molar-refractivity contribution in [2.75, 3.05) is 13.7 Å². The predicted octanol–water partition coefficient (Wildman–Crippen LogP) is 3.33. The zero-order valence-electron chi connectivity index (χ0n) is 14.5. The second-order valence-electron chi connectivity index (χ2n) is 6.32. The summed E-state index contributed by atoms with van der Waals surface area (Å²) in [4.78, 5) is 24.2. The Morgan fingerprint density at radius 3 is 2.50 bits per heavy atom. The molecule has 1 fully saturated rings. The number of benzene rings is 1. The summed E-state index contributed by atoms with van der Waals surface area (Å²) < 4.78 is 10.4. The molecular weight excluding hydrogens is 306 g/mol. The lowest BCUT2D eigenvalue weighted by Gasteiger charge is -2.16. The molecule has 0 bridgehead atoms. The number of methoxy groups -OCH3 is 1. The van der Waals surface area contributed by atoms with Gasteiger partial charge in [0.2, 0.25) is 0 Å². The van der Waals surface area contributed by atoms with Gasteiger partial charge in [0.1, 0.15) is 11.8 Å². The first-order valence-electron chi connectivity index (χ1n) is 8.75. The Bertz CT molecular complexity index is 537. The molecule has 1 aliphatic carbocycles. The summed E-state index contributed by atoms with van der Waals surface area (Å²) >= 11 is 0. The second-order valence-corrected chi connectivity index (χ2v) is 6.32. The summed E-state index contributed by atoms with van der Waals surface area (Å²) in [6.07, 6.45) is 6.04. The number of rotatable bonds is 10.